The third-order valence-corrected chi connectivity index (χ3v) is 5.01. The molecule has 1 atom stereocenters. The molecule has 0 unspecified atom stereocenters. The molecule has 25 heavy (non-hydrogen) atoms. The lowest BCUT2D eigenvalue weighted by Gasteiger charge is -2.33. The summed E-state index contributed by atoms with van der Waals surface area (Å²) in [6, 6.07) is 1.89. The highest BCUT2D eigenvalue weighted by atomic mass is 16.5. The van der Waals surface area contributed by atoms with Gasteiger partial charge in [0.2, 0.25) is 0 Å². The van der Waals surface area contributed by atoms with Gasteiger partial charge in [-0.25, -0.2) is 0 Å². The first-order valence-electron chi connectivity index (χ1n) is 9.21. The van der Waals surface area contributed by atoms with Crippen molar-refractivity contribution < 1.29 is 14.6 Å². The number of aliphatic hydroxyl groups is 1. The van der Waals surface area contributed by atoms with E-state index in [1.54, 1.807) is 9.58 Å². The SMILES string of the molecule is CC(C)Cc1cc(C(=O)N2CC[C@](O)(CN3CCOCC3)C2)n(C)n1. The third kappa shape index (κ3) is 4.40. The zero-order valence-corrected chi connectivity index (χ0v) is 15.6. The Bertz CT molecular complexity index is 609. The Morgan fingerprint density at radius 2 is 2.08 bits per heavy atom. The van der Waals surface area contributed by atoms with Gasteiger partial charge in [0.05, 0.1) is 31.1 Å². The highest BCUT2D eigenvalue weighted by Crippen LogP contribution is 2.25. The van der Waals surface area contributed by atoms with Gasteiger partial charge >= 0.3 is 0 Å². The molecule has 3 heterocycles. The number of rotatable bonds is 5. The molecule has 0 spiro atoms. The van der Waals surface area contributed by atoms with Crippen LogP contribution in [0.4, 0.5) is 0 Å². The van der Waals surface area contributed by atoms with Crippen LogP contribution in [0.3, 0.4) is 0 Å². The van der Waals surface area contributed by atoms with E-state index in [1.807, 2.05) is 13.1 Å². The van der Waals surface area contributed by atoms with Gasteiger partial charge in [0.25, 0.3) is 5.91 Å². The van der Waals surface area contributed by atoms with E-state index < -0.39 is 5.60 Å². The maximum absolute atomic E-state index is 12.9. The van der Waals surface area contributed by atoms with Gasteiger partial charge in [-0.2, -0.15) is 5.10 Å². The van der Waals surface area contributed by atoms with Crippen molar-refractivity contribution in [3.05, 3.63) is 17.5 Å². The minimum Gasteiger partial charge on any atom is -0.387 e. The molecule has 0 aromatic carbocycles. The van der Waals surface area contributed by atoms with Crippen molar-refractivity contribution in [3.63, 3.8) is 0 Å². The zero-order chi connectivity index (χ0) is 18.0. The highest BCUT2D eigenvalue weighted by Gasteiger charge is 2.40. The molecule has 1 amide bonds. The Morgan fingerprint density at radius 3 is 2.76 bits per heavy atom. The highest BCUT2D eigenvalue weighted by molar-refractivity contribution is 5.93. The molecule has 0 radical (unpaired) electrons. The molecular formula is C18H30N4O3. The molecule has 2 saturated heterocycles. The van der Waals surface area contributed by atoms with E-state index >= 15 is 0 Å². The molecule has 7 nitrogen and oxygen atoms in total. The average Bonchev–Trinajstić information content (AvgIpc) is 3.10. The van der Waals surface area contributed by atoms with Crippen LogP contribution in [-0.2, 0) is 18.2 Å². The maximum atomic E-state index is 12.9. The lowest BCUT2D eigenvalue weighted by atomic mass is 10.0. The van der Waals surface area contributed by atoms with Crippen molar-refractivity contribution in [2.75, 3.05) is 45.9 Å². The van der Waals surface area contributed by atoms with Crippen LogP contribution < -0.4 is 0 Å². The topological polar surface area (TPSA) is 70.8 Å². The van der Waals surface area contributed by atoms with Gasteiger partial charge in [-0.3, -0.25) is 14.4 Å². The van der Waals surface area contributed by atoms with E-state index in [0.29, 0.717) is 50.9 Å². The molecular weight excluding hydrogens is 320 g/mol. The lowest BCUT2D eigenvalue weighted by molar-refractivity contribution is -0.0257. The van der Waals surface area contributed by atoms with E-state index in [4.69, 9.17) is 4.74 Å². The van der Waals surface area contributed by atoms with Crippen LogP contribution in [0.5, 0.6) is 0 Å². The second-order valence-corrected chi connectivity index (χ2v) is 7.83. The quantitative estimate of drug-likeness (QED) is 0.839. The van der Waals surface area contributed by atoms with Crippen molar-refractivity contribution in [1.29, 1.82) is 0 Å². The van der Waals surface area contributed by atoms with Gasteiger partial charge in [-0.05, 0) is 24.8 Å². The Hall–Kier alpha value is -1.44. The minimum atomic E-state index is -0.827. The van der Waals surface area contributed by atoms with Crippen molar-refractivity contribution >= 4 is 5.91 Å². The van der Waals surface area contributed by atoms with E-state index in [2.05, 4.69) is 23.8 Å². The number of morpholine rings is 1. The number of ether oxygens (including phenoxy) is 1. The summed E-state index contributed by atoms with van der Waals surface area (Å²) in [5.74, 6) is 0.464. The largest absolute Gasteiger partial charge is 0.387 e. The third-order valence-electron chi connectivity index (χ3n) is 5.01. The first kappa shape index (κ1) is 18.4. The first-order valence-corrected chi connectivity index (χ1v) is 9.21. The van der Waals surface area contributed by atoms with E-state index in [-0.39, 0.29) is 5.91 Å². The Morgan fingerprint density at radius 1 is 1.36 bits per heavy atom. The van der Waals surface area contributed by atoms with E-state index in [1.165, 1.54) is 0 Å². The Kier molecular flexibility index (Phi) is 5.46. The van der Waals surface area contributed by atoms with E-state index in [9.17, 15) is 9.90 Å². The number of β-amino-alcohol motifs (C(OH)–C–C–N with tert-alkyl or cyclic N) is 1. The van der Waals surface area contributed by atoms with Crippen LogP contribution in [0.15, 0.2) is 6.07 Å². The number of aryl methyl sites for hydroxylation is 1. The monoisotopic (exact) mass is 350 g/mol. The number of hydrogen-bond acceptors (Lipinski definition) is 5. The molecule has 1 N–H and O–H groups in total. The van der Waals surface area contributed by atoms with Crippen LogP contribution in [0.25, 0.3) is 0 Å². The Balaban J connectivity index is 1.63. The van der Waals surface area contributed by atoms with Crippen molar-refractivity contribution in [2.45, 2.75) is 32.3 Å². The van der Waals surface area contributed by atoms with Crippen molar-refractivity contribution in [3.8, 4) is 0 Å². The van der Waals surface area contributed by atoms with E-state index in [0.717, 1.165) is 25.2 Å². The van der Waals surface area contributed by atoms with Gasteiger partial charge in [0.1, 0.15) is 5.69 Å². The van der Waals surface area contributed by atoms with Crippen LogP contribution in [0, 0.1) is 5.92 Å². The molecule has 3 rings (SSSR count). The number of aromatic nitrogens is 2. The van der Waals surface area contributed by atoms with Gasteiger partial charge in [-0.1, -0.05) is 13.8 Å². The smallest absolute Gasteiger partial charge is 0.272 e. The summed E-state index contributed by atoms with van der Waals surface area (Å²) in [6.45, 7) is 8.97. The predicted molar refractivity (Wildman–Crippen MR) is 94.5 cm³/mol. The lowest BCUT2D eigenvalue weighted by Crippen LogP contribution is -2.49. The van der Waals surface area contributed by atoms with Gasteiger partial charge in [0, 0.05) is 33.2 Å². The fourth-order valence-electron chi connectivity index (χ4n) is 3.74. The van der Waals surface area contributed by atoms with Crippen molar-refractivity contribution in [1.82, 2.24) is 19.6 Å². The summed E-state index contributed by atoms with van der Waals surface area (Å²) in [4.78, 5) is 16.9. The molecule has 1 aromatic heterocycles. The maximum Gasteiger partial charge on any atom is 0.272 e. The minimum absolute atomic E-state index is 0.0390. The van der Waals surface area contributed by atoms with Crippen LogP contribution in [0.2, 0.25) is 0 Å². The standard InChI is InChI=1S/C18H30N4O3/c1-14(2)10-15-11-16(20(3)19-15)17(23)22-5-4-18(24,13-22)12-21-6-8-25-9-7-21/h11,14,24H,4-10,12-13H2,1-3H3/t18-/m0/s1. The fraction of sp³-hybridized carbons (Fsp3) is 0.778. The molecule has 0 saturated carbocycles. The number of amides is 1. The van der Waals surface area contributed by atoms with Crippen LogP contribution in [0.1, 0.15) is 36.5 Å². The molecule has 0 aliphatic carbocycles. The van der Waals surface area contributed by atoms with Crippen molar-refractivity contribution in [2.24, 2.45) is 13.0 Å². The predicted octanol–water partition coefficient (Wildman–Crippen LogP) is 0.528. The molecule has 2 aliphatic heterocycles. The van der Waals surface area contributed by atoms with Crippen LogP contribution in [-0.4, -0.2) is 82.1 Å². The average molecular weight is 350 g/mol. The molecule has 140 valence electrons. The summed E-state index contributed by atoms with van der Waals surface area (Å²) < 4.78 is 7.03. The molecule has 0 bridgehead atoms. The number of carbonyl (C=O) groups excluding carboxylic acids is 1. The van der Waals surface area contributed by atoms with Gasteiger partial charge < -0.3 is 14.7 Å². The molecule has 2 fully saturated rings. The number of carbonyl (C=O) groups is 1. The molecule has 7 heteroatoms. The van der Waals surface area contributed by atoms with Crippen LogP contribution >= 0.6 is 0 Å². The second kappa shape index (κ2) is 7.43. The summed E-state index contributed by atoms with van der Waals surface area (Å²) in [5.41, 5.74) is 0.724. The number of hydrogen-bond donors (Lipinski definition) is 1. The first-order chi connectivity index (χ1) is 11.9. The molecule has 2 aliphatic rings. The summed E-state index contributed by atoms with van der Waals surface area (Å²) >= 11 is 0. The Labute approximate surface area is 149 Å². The molecule has 1 aromatic rings. The second-order valence-electron chi connectivity index (χ2n) is 7.83. The van der Waals surface area contributed by atoms with Gasteiger partial charge in [-0.15, -0.1) is 0 Å². The summed E-state index contributed by atoms with van der Waals surface area (Å²) in [7, 11) is 1.81. The number of nitrogens with zero attached hydrogens (tertiary/aromatic N) is 4. The normalized spacial score (nSPS) is 25.1. The zero-order valence-electron chi connectivity index (χ0n) is 15.6. The summed E-state index contributed by atoms with van der Waals surface area (Å²) in [5, 5.41) is 15.4. The van der Waals surface area contributed by atoms with Gasteiger partial charge in [0.15, 0.2) is 0 Å². The number of likely N-dealkylation sites (tertiary alicyclic amines) is 1. The summed E-state index contributed by atoms with van der Waals surface area (Å²) in [6.07, 6.45) is 1.48. The fourth-order valence-corrected chi connectivity index (χ4v) is 3.74.